The van der Waals surface area contributed by atoms with E-state index in [-0.39, 0.29) is 10.6 Å². The van der Waals surface area contributed by atoms with Gasteiger partial charge in [-0.25, -0.2) is 13.1 Å². The van der Waals surface area contributed by atoms with Gasteiger partial charge in [0.1, 0.15) is 16.4 Å². The van der Waals surface area contributed by atoms with Crippen molar-refractivity contribution < 1.29 is 13.2 Å². The zero-order chi connectivity index (χ0) is 14.8. The van der Waals surface area contributed by atoms with E-state index in [0.717, 1.165) is 0 Å². The molecule has 0 saturated heterocycles. The number of benzene rings is 2. The van der Waals surface area contributed by atoms with Crippen LogP contribution in [0.15, 0.2) is 47.4 Å². The van der Waals surface area contributed by atoms with Gasteiger partial charge < -0.3 is 10.5 Å². The molecule has 2 aromatic rings. The third-order valence-corrected chi connectivity index (χ3v) is 4.40. The van der Waals surface area contributed by atoms with Crippen molar-refractivity contribution in [2.75, 3.05) is 12.8 Å². The van der Waals surface area contributed by atoms with Crippen molar-refractivity contribution in [3.05, 3.63) is 47.5 Å². The van der Waals surface area contributed by atoms with E-state index in [1.54, 1.807) is 24.3 Å². The number of anilines is 1. The Labute approximate surface area is 122 Å². The molecule has 5 nitrogen and oxygen atoms in total. The van der Waals surface area contributed by atoms with Crippen molar-refractivity contribution in [2.24, 2.45) is 0 Å². The largest absolute Gasteiger partial charge is 0.456 e. The van der Waals surface area contributed by atoms with Gasteiger partial charge >= 0.3 is 0 Å². The van der Waals surface area contributed by atoms with Gasteiger partial charge in [-0.15, -0.1) is 0 Å². The number of halogens is 1. The Morgan fingerprint density at radius 3 is 2.50 bits per heavy atom. The fourth-order valence-electron chi connectivity index (χ4n) is 1.60. The van der Waals surface area contributed by atoms with Crippen LogP contribution in [0, 0.1) is 0 Å². The molecule has 20 heavy (non-hydrogen) atoms. The average molecular weight is 313 g/mol. The molecule has 0 unspecified atom stereocenters. The molecule has 0 fully saturated rings. The van der Waals surface area contributed by atoms with E-state index in [9.17, 15) is 8.42 Å². The number of hydrogen-bond acceptors (Lipinski definition) is 4. The van der Waals surface area contributed by atoms with Crippen LogP contribution in [0.4, 0.5) is 5.69 Å². The first kappa shape index (κ1) is 14.6. The molecule has 3 N–H and O–H groups in total. The lowest BCUT2D eigenvalue weighted by Gasteiger charge is -2.10. The number of rotatable bonds is 4. The molecular weight excluding hydrogens is 300 g/mol. The second-order valence-electron chi connectivity index (χ2n) is 3.94. The Bertz CT molecular complexity index is 732. The number of nitrogens with one attached hydrogen (secondary N) is 1. The van der Waals surface area contributed by atoms with Crippen LogP contribution in [-0.2, 0) is 10.0 Å². The van der Waals surface area contributed by atoms with E-state index in [2.05, 4.69) is 4.72 Å². The molecule has 2 rings (SSSR count). The molecule has 0 saturated carbocycles. The van der Waals surface area contributed by atoms with Gasteiger partial charge in [-0.3, -0.25) is 0 Å². The number of ether oxygens (including phenoxy) is 1. The van der Waals surface area contributed by atoms with Crippen molar-refractivity contribution in [3.63, 3.8) is 0 Å². The lowest BCUT2D eigenvalue weighted by Crippen LogP contribution is -2.19. The summed E-state index contributed by atoms with van der Waals surface area (Å²) in [4.78, 5) is 0.00603. The minimum atomic E-state index is -3.58. The van der Waals surface area contributed by atoms with E-state index in [0.29, 0.717) is 16.5 Å². The maximum Gasteiger partial charge on any atom is 0.242 e. The number of nitrogen functional groups attached to an aromatic ring is 1. The van der Waals surface area contributed by atoms with Gasteiger partial charge in [0.2, 0.25) is 10.0 Å². The summed E-state index contributed by atoms with van der Waals surface area (Å²) < 4.78 is 31.2. The van der Waals surface area contributed by atoms with Crippen LogP contribution < -0.4 is 15.2 Å². The predicted molar refractivity (Wildman–Crippen MR) is 78.6 cm³/mol. The first-order valence-electron chi connectivity index (χ1n) is 5.69. The van der Waals surface area contributed by atoms with Crippen LogP contribution in [0.2, 0.25) is 5.02 Å². The van der Waals surface area contributed by atoms with Crippen molar-refractivity contribution >= 4 is 27.3 Å². The van der Waals surface area contributed by atoms with E-state index in [1.807, 2.05) is 0 Å². The molecule has 0 amide bonds. The number of sulfonamides is 1. The Hall–Kier alpha value is -1.76. The molecular formula is C13H13ClN2O3S. The maximum absolute atomic E-state index is 11.7. The number of hydrogen-bond donors (Lipinski definition) is 2. The lowest BCUT2D eigenvalue weighted by molar-refractivity contribution is 0.483. The smallest absolute Gasteiger partial charge is 0.242 e. The second-order valence-corrected chi connectivity index (χ2v) is 6.20. The first-order chi connectivity index (χ1) is 9.44. The molecule has 0 aromatic heterocycles. The summed E-state index contributed by atoms with van der Waals surface area (Å²) in [5.74, 6) is 0.878. The fourth-order valence-corrected chi connectivity index (χ4v) is 2.61. The van der Waals surface area contributed by atoms with E-state index >= 15 is 0 Å². The monoisotopic (exact) mass is 312 g/mol. The van der Waals surface area contributed by atoms with Crippen LogP contribution >= 0.6 is 11.6 Å². The zero-order valence-corrected chi connectivity index (χ0v) is 12.2. The summed E-state index contributed by atoms with van der Waals surface area (Å²) in [6.45, 7) is 0. The van der Waals surface area contributed by atoms with Gasteiger partial charge in [0.25, 0.3) is 0 Å². The minimum Gasteiger partial charge on any atom is -0.456 e. The van der Waals surface area contributed by atoms with Crippen LogP contribution in [0.5, 0.6) is 11.5 Å². The highest BCUT2D eigenvalue weighted by Gasteiger charge is 2.16. The summed E-state index contributed by atoms with van der Waals surface area (Å²) in [6, 6.07) is 11.3. The zero-order valence-electron chi connectivity index (χ0n) is 10.6. The summed E-state index contributed by atoms with van der Waals surface area (Å²) in [6.07, 6.45) is 0. The standard InChI is InChI=1S/C13H13ClN2O3S/c1-16-20(17,18)13-7-6-9(8-11(13)15)19-12-5-3-2-4-10(12)14/h2-8,16H,15H2,1H3. The SMILES string of the molecule is CNS(=O)(=O)c1ccc(Oc2ccccc2Cl)cc1N. The molecule has 106 valence electrons. The van der Waals surface area contributed by atoms with E-state index < -0.39 is 10.0 Å². The third kappa shape index (κ3) is 3.04. The van der Waals surface area contributed by atoms with Gasteiger partial charge in [0, 0.05) is 6.07 Å². The summed E-state index contributed by atoms with van der Waals surface area (Å²) in [7, 11) is -2.26. The minimum absolute atomic E-state index is 0.00603. The molecule has 0 heterocycles. The topological polar surface area (TPSA) is 81.4 Å². The van der Waals surface area contributed by atoms with Gasteiger partial charge in [-0.05, 0) is 31.3 Å². The maximum atomic E-state index is 11.7. The average Bonchev–Trinajstić information content (AvgIpc) is 2.41. The Balaban J connectivity index is 2.33. The molecule has 0 aliphatic carbocycles. The van der Waals surface area contributed by atoms with E-state index in [1.165, 1.54) is 25.2 Å². The quantitative estimate of drug-likeness (QED) is 0.850. The van der Waals surface area contributed by atoms with Crippen molar-refractivity contribution in [1.82, 2.24) is 4.72 Å². The van der Waals surface area contributed by atoms with Crippen molar-refractivity contribution in [3.8, 4) is 11.5 Å². The Morgan fingerprint density at radius 2 is 1.90 bits per heavy atom. The highest BCUT2D eigenvalue weighted by atomic mass is 35.5. The van der Waals surface area contributed by atoms with Crippen LogP contribution in [0.3, 0.4) is 0 Å². The third-order valence-electron chi connectivity index (χ3n) is 2.60. The van der Waals surface area contributed by atoms with Gasteiger partial charge in [-0.1, -0.05) is 23.7 Å². The number of para-hydroxylation sites is 1. The predicted octanol–water partition coefficient (Wildman–Crippen LogP) is 2.62. The molecule has 0 atom stereocenters. The van der Waals surface area contributed by atoms with E-state index in [4.69, 9.17) is 22.1 Å². The van der Waals surface area contributed by atoms with Gasteiger partial charge in [0.05, 0.1) is 10.7 Å². The van der Waals surface area contributed by atoms with Gasteiger partial charge in [-0.2, -0.15) is 0 Å². The fraction of sp³-hybridized carbons (Fsp3) is 0.0769. The molecule has 0 radical (unpaired) electrons. The molecule has 7 heteroatoms. The normalized spacial score (nSPS) is 11.3. The highest BCUT2D eigenvalue weighted by molar-refractivity contribution is 7.89. The first-order valence-corrected chi connectivity index (χ1v) is 7.55. The number of nitrogens with two attached hydrogens (primary N) is 1. The molecule has 0 bridgehead atoms. The van der Waals surface area contributed by atoms with Crippen molar-refractivity contribution in [1.29, 1.82) is 0 Å². The molecule has 0 aliphatic heterocycles. The second kappa shape index (κ2) is 5.70. The Morgan fingerprint density at radius 1 is 1.20 bits per heavy atom. The summed E-state index contributed by atoms with van der Waals surface area (Å²) in [5.41, 5.74) is 5.84. The van der Waals surface area contributed by atoms with Crippen LogP contribution in [0.25, 0.3) is 0 Å². The van der Waals surface area contributed by atoms with Crippen LogP contribution in [-0.4, -0.2) is 15.5 Å². The Kier molecular flexibility index (Phi) is 4.17. The highest BCUT2D eigenvalue weighted by Crippen LogP contribution is 2.31. The molecule has 2 aromatic carbocycles. The van der Waals surface area contributed by atoms with Crippen molar-refractivity contribution in [2.45, 2.75) is 4.90 Å². The summed E-state index contributed by atoms with van der Waals surface area (Å²) >= 11 is 5.98. The summed E-state index contributed by atoms with van der Waals surface area (Å²) in [5, 5.41) is 0.456. The van der Waals surface area contributed by atoms with Crippen LogP contribution in [0.1, 0.15) is 0 Å². The molecule has 0 aliphatic rings. The molecule has 0 spiro atoms. The lowest BCUT2D eigenvalue weighted by atomic mass is 10.3. The van der Waals surface area contributed by atoms with Gasteiger partial charge in [0.15, 0.2) is 0 Å².